The third-order valence-corrected chi connectivity index (χ3v) is 4.79. The summed E-state index contributed by atoms with van der Waals surface area (Å²) in [6, 6.07) is 13.3. The highest BCUT2D eigenvalue weighted by atomic mass is 32.1. The molecular formula is C19H19N3O2S. The van der Waals surface area contributed by atoms with Gasteiger partial charge in [-0.05, 0) is 18.6 Å². The fourth-order valence-corrected chi connectivity index (χ4v) is 3.28. The zero-order valence-corrected chi connectivity index (χ0v) is 15.0. The van der Waals surface area contributed by atoms with E-state index in [-0.39, 0.29) is 5.91 Å². The van der Waals surface area contributed by atoms with E-state index in [4.69, 9.17) is 4.74 Å². The van der Waals surface area contributed by atoms with E-state index in [0.29, 0.717) is 24.5 Å². The first kappa shape index (κ1) is 17.1. The summed E-state index contributed by atoms with van der Waals surface area (Å²) in [6.45, 7) is 3.02. The molecule has 128 valence electrons. The SMILES string of the molecule is COc1cc(C(=O)N(Cc2ccccc2)Cc2scnc2C)ccn1. The van der Waals surface area contributed by atoms with Crippen molar-refractivity contribution in [3.63, 3.8) is 0 Å². The minimum atomic E-state index is -0.0580. The van der Waals surface area contributed by atoms with Crippen LogP contribution in [0.2, 0.25) is 0 Å². The first-order valence-electron chi connectivity index (χ1n) is 7.89. The fraction of sp³-hybridized carbons (Fsp3) is 0.211. The van der Waals surface area contributed by atoms with Gasteiger partial charge in [0.25, 0.3) is 5.91 Å². The molecule has 0 radical (unpaired) electrons. The maximum atomic E-state index is 13.1. The lowest BCUT2D eigenvalue weighted by molar-refractivity contribution is 0.0731. The highest BCUT2D eigenvalue weighted by molar-refractivity contribution is 7.09. The Morgan fingerprint density at radius 2 is 1.96 bits per heavy atom. The second-order valence-electron chi connectivity index (χ2n) is 5.59. The van der Waals surface area contributed by atoms with Crippen molar-refractivity contribution in [2.24, 2.45) is 0 Å². The summed E-state index contributed by atoms with van der Waals surface area (Å²) in [6.07, 6.45) is 1.59. The van der Waals surface area contributed by atoms with Crippen molar-refractivity contribution in [1.82, 2.24) is 14.9 Å². The molecule has 1 aromatic carbocycles. The minimum absolute atomic E-state index is 0.0580. The number of ether oxygens (including phenoxy) is 1. The second-order valence-corrected chi connectivity index (χ2v) is 6.53. The number of hydrogen-bond donors (Lipinski definition) is 0. The predicted octanol–water partition coefficient (Wildman–Crippen LogP) is 3.70. The lowest BCUT2D eigenvalue weighted by Gasteiger charge is -2.23. The molecule has 0 aliphatic carbocycles. The van der Waals surface area contributed by atoms with Crippen molar-refractivity contribution in [2.75, 3.05) is 7.11 Å². The molecule has 3 aromatic rings. The van der Waals surface area contributed by atoms with Gasteiger partial charge in [0.2, 0.25) is 5.88 Å². The van der Waals surface area contributed by atoms with E-state index in [1.54, 1.807) is 36.8 Å². The third-order valence-electron chi connectivity index (χ3n) is 3.87. The lowest BCUT2D eigenvalue weighted by Crippen LogP contribution is -2.30. The number of methoxy groups -OCH3 is 1. The molecule has 0 bridgehead atoms. The van der Waals surface area contributed by atoms with E-state index in [9.17, 15) is 4.79 Å². The standard InChI is InChI=1S/C19H19N3O2S/c1-14-17(25-13-21-14)12-22(11-15-6-4-3-5-7-15)19(23)16-8-9-20-18(10-16)24-2/h3-10,13H,11-12H2,1-2H3. The topological polar surface area (TPSA) is 55.3 Å². The minimum Gasteiger partial charge on any atom is -0.481 e. The zero-order valence-electron chi connectivity index (χ0n) is 14.2. The summed E-state index contributed by atoms with van der Waals surface area (Å²) in [4.78, 5) is 24.4. The quantitative estimate of drug-likeness (QED) is 0.678. The average molecular weight is 353 g/mol. The van der Waals surface area contributed by atoms with Gasteiger partial charge in [-0.15, -0.1) is 11.3 Å². The summed E-state index contributed by atoms with van der Waals surface area (Å²) in [5.74, 6) is 0.372. The van der Waals surface area contributed by atoms with Crippen molar-refractivity contribution in [3.8, 4) is 5.88 Å². The first-order valence-corrected chi connectivity index (χ1v) is 8.77. The molecule has 5 nitrogen and oxygen atoms in total. The van der Waals surface area contributed by atoms with Crippen LogP contribution in [0.5, 0.6) is 5.88 Å². The van der Waals surface area contributed by atoms with Crippen molar-refractivity contribution in [1.29, 1.82) is 0 Å². The van der Waals surface area contributed by atoms with Crippen LogP contribution < -0.4 is 4.74 Å². The molecule has 1 amide bonds. The van der Waals surface area contributed by atoms with Gasteiger partial charge in [-0.3, -0.25) is 4.79 Å². The number of thiazole rings is 1. The number of nitrogens with zero attached hydrogens (tertiary/aromatic N) is 3. The van der Waals surface area contributed by atoms with E-state index in [0.717, 1.165) is 16.1 Å². The molecule has 25 heavy (non-hydrogen) atoms. The Bertz CT molecular complexity index is 849. The number of carbonyl (C=O) groups excluding carboxylic acids is 1. The molecule has 0 aliphatic heterocycles. The molecule has 0 fully saturated rings. The number of amides is 1. The van der Waals surface area contributed by atoms with E-state index in [2.05, 4.69) is 9.97 Å². The molecule has 0 saturated heterocycles. The van der Waals surface area contributed by atoms with Crippen molar-refractivity contribution < 1.29 is 9.53 Å². The van der Waals surface area contributed by atoms with Gasteiger partial charge in [-0.25, -0.2) is 9.97 Å². The van der Waals surface area contributed by atoms with Gasteiger partial charge < -0.3 is 9.64 Å². The van der Waals surface area contributed by atoms with Crippen LogP contribution in [-0.2, 0) is 13.1 Å². The maximum Gasteiger partial charge on any atom is 0.254 e. The van der Waals surface area contributed by atoms with E-state index in [1.807, 2.05) is 47.7 Å². The number of aromatic nitrogens is 2. The molecule has 3 rings (SSSR count). The number of hydrogen-bond acceptors (Lipinski definition) is 5. The van der Waals surface area contributed by atoms with Gasteiger partial charge in [-0.2, -0.15) is 0 Å². The number of aryl methyl sites for hydroxylation is 1. The highest BCUT2D eigenvalue weighted by Gasteiger charge is 2.19. The summed E-state index contributed by atoms with van der Waals surface area (Å²) >= 11 is 1.57. The van der Waals surface area contributed by atoms with Crippen LogP contribution in [0.4, 0.5) is 0 Å². The van der Waals surface area contributed by atoms with Gasteiger partial charge in [0.1, 0.15) is 0 Å². The molecule has 2 aromatic heterocycles. The van der Waals surface area contributed by atoms with Gasteiger partial charge in [0.15, 0.2) is 0 Å². The normalized spacial score (nSPS) is 10.5. The average Bonchev–Trinajstić information content (AvgIpc) is 3.06. The fourth-order valence-electron chi connectivity index (χ4n) is 2.49. The van der Waals surface area contributed by atoms with E-state index >= 15 is 0 Å². The van der Waals surface area contributed by atoms with Gasteiger partial charge in [0.05, 0.1) is 24.9 Å². The van der Waals surface area contributed by atoms with Crippen molar-refractivity contribution >= 4 is 17.2 Å². The molecule has 0 N–H and O–H groups in total. The maximum absolute atomic E-state index is 13.1. The Labute approximate surface area is 150 Å². The summed E-state index contributed by atoms with van der Waals surface area (Å²) in [7, 11) is 1.54. The third kappa shape index (κ3) is 4.22. The van der Waals surface area contributed by atoms with Crippen LogP contribution in [-0.4, -0.2) is 27.9 Å². The van der Waals surface area contributed by atoms with Gasteiger partial charge >= 0.3 is 0 Å². The number of rotatable bonds is 6. The smallest absolute Gasteiger partial charge is 0.254 e. The molecule has 2 heterocycles. The first-order chi connectivity index (χ1) is 12.2. The van der Waals surface area contributed by atoms with E-state index < -0.39 is 0 Å². The van der Waals surface area contributed by atoms with Crippen molar-refractivity contribution in [2.45, 2.75) is 20.0 Å². The Kier molecular flexibility index (Phi) is 5.40. The molecular weight excluding hydrogens is 334 g/mol. The number of carbonyl (C=O) groups is 1. The monoisotopic (exact) mass is 353 g/mol. The Hall–Kier alpha value is -2.73. The molecule has 0 unspecified atom stereocenters. The summed E-state index contributed by atoms with van der Waals surface area (Å²) < 4.78 is 5.14. The largest absolute Gasteiger partial charge is 0.481 e. The van der Waals surface area contributed by atoms with Crippen LogP contribution in [0.3, 0.4) is 0 Å². The van der Waals surface area contributed by atoms with Crippen LogP contribution in [0.15, 0.2) is 54.2 Å². The predicted molar refractivity (Wildman–Crippen MR) is 97.7 cm³/mol. The molecule has 0 saturated carbocycles. The van der Waals surface area contributed by atoms with Crippen molar-refractivity contribution in [3.05, 3.63) is 75.9 Å². The highest BCUT2D eigenvalue weighted by Crippen LogP contribution is 2.20. The molecule has 6 heteroatoms. The van der Waals surface area contributed by atoms with Crippen LogP contribution in [0.1, 0.15) is 26.5 Å². The van der Waals surface area contributed by atoms with Crippen LogP contribution in [0, 0.1) is 6.92 Å². The van der Waals surface area contributed by atoms with E-state index in [1.165, 1.54) is 0 Å². The second kappa shape index (κ2) is 7.90. The molecule has 0 atom stereocenters. The number of benzene rings is 1. The molecule has 0 spiro atoms. The Morgan fingerprint density at radius 1 is 1.16 bits per heavy atom. The van der Waals surface area contributed by atoms with Crippen LogP contribution in [0.25, 0.3) is 0 Å². The number of pyridine rings is 1. The summed E-state index contributed by atoms with van der Waals surface area (Å²) in [5.41, 5.74) is 4.41. The summed E-state index contributed by atoms with van der Waals surface area (Å²) in [5, 5.41) is 0. The molecule has 0 aliphatic rings. The Morgan fingerprint density at radius 3 is 2.64 bits per heavy atom. The van der Waals surface area contributed by atoms with Gasteiger partial charge in [0, 0.05) is 29.2 Å². The zero-order chi connectivity index (χ0) is 17.6. The lowest BCUT2D eigenvalue weighted by atomic mass is 10.1. The Balaban J connectivity index is 1.89. The van der Waals surface area contributed by atoms with Gasteiger partial charge in [-0.1, -0.05) is 30.3 Å². The van der Waals surface area contributed by atoms with Crippen LogP contribution >= 0.6 is 11.3 Å².